The highest BCUT2D eigenvalue weighted by molar-refractivity contribution is 5.80. The summed E-state index contributed by atoms with van der Waals surface area (Å²) in [4.78, 5) is 25.6. The van der Waals surface area contributed by atoms with Gasteiger partial charge in [0.25, 0.3) is 0 Å². The highest BCUT2D eigenvalue weighted by Gasteiger charge is 2.32. The normalized spacial score (nSPS) is 22.7. The molecule has 6 nitrogen and oxygen atoms in total. The highest BCUT2D eigenvalue weighted by atomic mass is 16.5. The van der Waals surface area contributed by atoms with E-state index in [1.807, 2.05) is 23.1 Å². The van der Waals surface area contributed by atoms with E-state index in [9.17, 15) is 9.59 Å². The molecule has 0 saturated carbocycles. The number of nitrogens with zero attached hydrogens (tertiary/aromatic N) is 1. The van der Waals surface area contributed by atoms with Gasteiger partial charge >= 0.3 is 5.97 Å². The van der Waals surface area contributed by atoms with Gasteiger partial charge in [0.2, 0.25) is 5.91 Å². The molecule has 1 fully saturated rings. The fourth-order valence-electron chi connectivity index (χ4n) is 3.74. The molecule has 2 heterocycles. The van der Waals surface area contributed by atoms with Crippen LogP contribution in [0.1, 0.15) is 31.2 Å². The summed E-state index contributed by atoms with van der Waals surface area (Å²) in [6.45, 7) is 1.81. The Morgan fingerprint density at radius 3 is 3.00 bits per heavy atom. The number of hydrogen-bond acceptors (Lipinski definition) is 4. The van der Waals surface area contributed by atoms with E-state index in [0.29, 0.717) is 26.0 Å². The number of carbonyl (C=O) groups excluding carboxylic acids is 1. The first kappa shape index (κ1) is 17.6. The Morgan fingerprint density at radius 1 is 1.40 bits per heavy atom. The summed E-state index contributed by atoms with van der Waals surface area (Å²) in [5.41, 5.74) is 1.00. The Hall–Kier alpha value is -2.24. The number of methoxy groups -OCH3 is 1. The van der Waals surface area contributed by atoms with Crippen molar-refractivity contribution in [3.63, 3.8) is 0 Å². The monoisotopic (exact) mass is 347 g/mol. The number of ether oxygens (including phenoxy) is 2. The van der Waals surface area contributed by atoms with E-state index in [1.165, 1.54) is 0 Å². The fourth-order valence-corrected chi connectivity index (χ4v) is 3.74. The first-order valence-electron chi connectivity index (χ1n) is 8.87. The van der Waals surface area contributed by atoms with Gasteiger partial charge in [-0.2, -0.15) is 0 Å². The molecule has 25 heavy (non-hydrogen) atoms. The first-order chi connectivity index (χ1) is 12.1. The van der Waals surface area contributed by atoms with E-state index in [1.54, 1.807) is 7.11 Å². The van der Waals surface area contributed by atoms with Crippen molar-refractivity contribution in [1.29, 1.82) is 0 Å². The third kappa shape index (κ3) is 4.24. The molecule has 2 aliphatic rings. The lowest BCUT2D eigenvalue weighted by Crippen LogP contribution is -2.45. The second kappa shape index (κ2) is 7.76. The molecule has 3 rings (SSSR count). The summed E-state index contributed by atoms with van der Waals surface area (Å²) < 4.78 is 11.0. The molecule has 0 radical (unpaired) electrons. The van der Waals surface area contributed by atoms with Gasteiger partial charge in [0.15, 0.2) is 0 Å². The average molecular weight is 347 g/mol. The molecule has 0 aliphatic carbocycles. The third-order valence-corrected chi connectivity index (χ3v) is 5.12. The number of amides is 1. The summed E-state index contributed by atoms with van der Waals surface area (Å²) in [7, 11) is 1.62. The van der Waals surface area contributed by atoms with Crippen LogP contribution in [0, 0.1) is 11.8 Å². The Kier molecular flexibility index (Phi) is 5.46. The number of piperidine rings is 1. The van der Waals surface area contributed by atoms with Gasteiger partial charge in [-0.15, -0.1) is 0 Å². The number of likely N-dealkylation sites (tertiary alicyclic amines) is 1. The van der Waals surface area contributed by atoms with Crippen LogP contribution in [-0.2, 0) is 16.0 Å². The lowest BCUT2D eigenvalue weighted by atomic mass is 9.90. The molecule has 1 amide bonds. The molecule has 1 aromatic carbocycles. The van der Waals surface area contributed by atoms with E-state index < -0.39 is 5.97 Å². The van der Waals surface area contributed by atoms with Gasteiger partial charge in [0, 0.05) is 19.5 Å². The Balaban J connectivity index is 1.61. The number of hydrogen-bond donors (Lipinski definition) is 1. The zero-order valence-corrected chi connectivity index (χ0v) is 14.6. The van der Waals surface area contributed by atoms with Crippen LogP contribution >= 0.6 is 0 Å². The van der Waals surface area contributed by atoms with E-state index in [-0.39, 0.29) is 24.2 Å². The number of fused-ring (bicyclic) bond motifs is 1. The van der Waals surface area contributed by atoms with Gasteiger partial charge in [-0.05, 0) is 55.4 Å². The maximum atomic E-state index is 12.9. The number of carboxylic acid groups (broad SMARTS) is 1. The highest BCUT2D eigenvalue weighted by Crippen LogP contribution is 2.32. The Morgan fingerprint density at radius 2 is 2.24 bits per heavy atom. The van der Waals surface area contributed by atoms with Crippen molar-refractivity contribution in [1.82, 2.24) is 4.90 Å². The van der Waals surface area contributed by atoms with Crippen molar-refractivity contribution in [2.45, 2.75) is 32.1 Å². The van der Waals surface area contributed by atoms with Crippen LogP contribution in [-0.4, -0.2) is 48.7 Å². The fraction of sp³-hybridized carbons (Fsp3) is 0.579. The van der Waals surface area contributed by atoms with Crippen molar-refractivity contribution in [3.05, 3.63) is 23.8 Å². The molecular weight excluding hydrogens is 322 g/mol. The topological polar surface area (TPSA) is 76.1 Å². The molecule has 2 atom stereocenters. The summed E-state index contributed by atoms with van der Waals surface area (Å²) >= 11 is 0. The maximum absolute atomic E-state index is 12.9. The molecule has 2 unspecified atom stereocenters. The van der Waals surface area contributed by atoms with Crippen LogP contribution in [0.5, 0.6) is 11.5 Å². The third-order valence-electron chi connectivity index (χ3n) is 5.12. The zero-order chi connectivity index (χ0) is 17.8. The standard InChI is InChI=1S/C19H25NO5/c1-24-16-5-6-17-14(10-16)9-15(12-25-17)19(23)20-8-2-3-13(11-20)4-7-18(21)22/h5-6,10,13,15H,2-4,7-9,11-12H2,1H3,(H,21,22). The average Bonchev–Trinajstić information content (AvgIpc) is 2.65. The number of benzene rings is 1. The van der Waals surface area contributed by atoms with Gasteiger partial charge in [-0.3, -0.25) is 9.59 Å². The second-order valence-corrected chi connectivity index (χ2v) is 6.91. The lowest BCUT2D eigenvalue weighted by Gasteiger charge is -2.36. The summed E-state index contributed by atoms with van der Waals surface area (Å²) in [5.74, 6) is 1.04. The summed E-state index contributed by atoms with van der Waals surface area (Å²) in [6, 6.07) is 5.68. The van der Waals surface area contributed by atoms with E-state index >= 15 is 0 Å². The maximum Gasteiger partial charge on any atom is 0.303 e. The van der Waals surface area contributed by atoms with Crippen LogP contribution in [0.25, 0.3) is 0 Å². The van der Waals surface area contributed by atoms with Gasteiger partial charge in [0.1, 0.15) is 18.1 Å². The molecule has 1 N–H and O–H groups in total. The molecule has 0 spiro atoms. The van der Waals surface area contributed by atoms with Gasteiger partial charge in [-0.25, -0.2) is 0 Å². The molecular formula is C19H25NO5. The molecule has 1 saturated heterocycles. The zero-order valence-electron chi connectivity index (χ0n) is 14.6. The lowest BCUT2D eigenvalue weighted by molar-refractivity contribution is -0.139. The van der Waals surface area contributed by atoms with E-state index in [2.05, 4.69) is 0 Å². The molecule has 1 aromatic rings. The van der Waals surface area contributed by atoms with Crippen LogP contribution in [0.2, 0.25) is 0 Å². The summed E-state index contributed by atoms with van der Waals surface area (Å²) in [6.07, 6.45) is 3.40. The number of rotatable bonds is 5. The molecule has 0 bridgehead atoms. The van der Waals surface area contributed by atoms with Gasteiger partial charge < -0.3 is 19.5 Å². The molecule has 136 valence electrons. The molecule has 2 aliphatic heterocycles. The second-order valence-electron chi connectivity index (χ2n) is 6.91. The van der Waals surface area contributed by atoms with Crippen molar-refractivity contribution in [2.24, 2.45) is 11.8 Å². The van der Waals surface area contributed by atoms with Crippen LogP contribution in [0.3, 0.4) is 0 Å². The van der Waals surface area contributed by atoms with Crippen molar-refractivity contribution in [2.75, 3.05) is 26.8 Å². The minimum atomic E-state index is -0.769. The number of aliphatic carboxylic acids is 1. The quantitative estimate of drug-likeness (QED) is 0.885. The van der Waals surface area contributed by atoms with Crippen molar-refractivity contribution >= 4 is 11.9 Å². The van der Waals surface area contributed by atoms with E-state index in [0.717, 1.165) is 36.4 Å². The summed E-state index contributed by atoms with van der Waals surface area (Å²) in [5, 5.41) is 8.85. The number of carboxylic acids is 1. The minimum Gasteiger partial charge on any atom is -0.497 e. The van der Waals surface area contributed by atoms with Crippen molar-refractivity contribution < 1.29 is 24.2 Å². The van der Waals surface area contributed by atoms with Crippen molar-refractivity contribution in [3.8, 4) is 11.5 Å². The molecule has 0 aromatic heterocycles. The largest absolute Gasteiger partial charge is 0.497 e. The van der Waals surface area contributed by atoms with E-state index in [4.69, 9.17) is 14.6 Å². The van der Waals surface area contributed by atoms with Gasteiger partial charge in [0.05, 0.1) is 13.0 Å². The predicted octanol–water partition coefficient (Wildman–Crippen LogP) is 2.35. The van der Waals surface area contributed by atoms with Crippen LogP contribution in [0.15, 0.2) is 18.2 Å². The van der Waals surface area contributed by atoms with Crippen LogP contribution < -0.4 is 9.47 Å². The minimum absolute atomic E-state index is 0.119. The smallest absolute Gasteiger partial charge is 0.303 e. The Labute approximate surface area is 147 Å². The SMILES string of the molecule is COc1ccc2c(c1)CC(C(=O)N1CCCC(CCC(=O)O)C1)CO2. The predicted molar refractivity (Wildman–Crippen MR) is 91.9 cm³/mol. The number of carbonyl (C=O) groups is 2. The first-order valence-corrected chi connectivity index (χ1v) is 8.87. The van der Waals surface area contributed by atoms with Gasteiger partial charge in [-0.1, -0.05) is 0 Å². The molecule has 6 heteroatoms. The Bertz CT molecular complexity index is 645. The van der Waals surface area contributed by atoms with Crippen LogP contribution in [0.4, 0.5) is 0 Å².